The highest BCUT2D eigenvalue weighted by Gasteiger charge is 2.20. The van der Waals surface area contributed by atoms with Crippen LogP contribution < -0.4 is 32.8 Å². The first kappa shape index (κ1) is 16.8. The van der Waals surface area contributed by atoms with Crippen molar-refractivity contribution in [3.8, 4) is 0 Å². The first-order chi connectivity index (χ1) is 13.1. The van der Waals surface area contributed by atoms with E-state index in [1.54, 1.807) is 0 Å². The van der Waals surface area contributed by atoms with Crippen molar-refractivity contribution in [1.82, 2.24) is 5.53 Å². The van der Waals surface area contributed by atoms with Crippen LogP contribution in [0.25, 0.3) is 5.57 Å². The second kappa shape index (κ2) is 6.93. The van der Waals surface area contributed by atoms with E-state index in [4.69, 9.17) is 17.2 Å². The molecule has 0 saturated carbocycles. The minimum atomic E-state index is 0.694. The van der Waals surface area contributed by atoms with Crippen LogP contribution in [0.3, 0.4) is 0 Å². The van der Waals surface area contributed by atoms with Gasteiger partial charge in [0.1, 0.15) is 0 Å². The number of hydrogen-bond acceptors (Lipinski definition) is 6. The van der Waals surface area contributed by atoms with Crippen molar-refractivity contribution in [2.24, 2.45) is 0 Å². The van der Waals surface area contributed by atoms with Gasteiger partial charge in [0.15, 0.2) is 0 Å². The maximum atomic E-state index is 5.84. The van der Waals surface area contributed by atoms with Crippen molar-refractivity contribution in [1.29, 1.82) is 0 Å². The van der Waals surface area contributed by atoms with Gasteiger partial charge in [-0.25, -0.2) is 0 Å². The van der Waals surface area contributed by atoms with Gasteiger partial charge in [0, 0.05) is 23.3 Å². The normalized spacial score (nSPS) is 14.1. The van der Waals surface area contributed by atoms with Crippen molar-refractivity contribution < 1.29 is 0 Å². The lowest BCUT2D eigenvalue weighted by molar-refractivity contribution is 0.645. The topological polar surface area (TPSA) is 96.6 Å². The molecule has 1 aliphatic heterocycles. The van der Waals surface area contributed by atoms with Crippen LogP contribution in [0.4, 0.5) is 28.4 Å². The molecule has 0 amide bonds. The van der Waals surface area contributed by atoms with E-state index in [0.29, 0.717) is 6.54 Å². The summed E-state index contributed by atoms with van der Waals surface area (Å²) in [5, 5.41) is 4.05. The molecule has 3 aromatic carbocycles. The number of anilines is 5. The summed E-state index contributed by atoms with van der Waals surface area (Å²) in [5.74, 6) is 0. The number of nitrogens with one attached hydrogen (secondary N) is 1. The molecule has 0 fully saturated rings. The average molecular weight is 358 g/mol. The second-order valence-electron chi connectivity index (χ2n) is 6.52. The van der Waals surface area contributed by atoms with Gasteiger partial charge in [-0.2, -0.15) is 0 Å². The Bertz CT molecular complexity index is 945. The Morgan fingerprint density at radius 3 is 1.67 bits per heavy atom. The summed E-state index contributed by atoms with van der Waals surface area (Å²) >= 11 is 0. The van der Waals surface area contributed by atoms with E-state index in [-0.39, 0.29) is 0 Å². The van der Waals surface area contributed by atoms with Gasteiger partial charge in [-0.15, -0.1) is 5.53 Å². The molecule has 0 radical (unpaired) electrons. The molecular formula is C21H22N6. The molecule has 0 saturated heterocycles. The van der Waals surface area contributed by atoms with E-state index in [1.807, 2.05) is 77.8 Å². The Morgan fingerprint density at radius 1 is 0.630 bits per heavy atom. The molecule has 0 spiro atoms. The average Bonchev–Trinajstić information content (AvgIpc) is 2.69. The quantitative estimate of drug-likeness (QED) is 0.537. The molecule has 4 rings (SSSR count). The van der Waals surface area contributed by atoms with E-state index >= 15 is 0 Å². The maximum absolute atomic E-state index is 5.84. The number of nitrogen functional groups attached to an aromatic ring is 3. The van der Waals surface area contributed by atoms with Crippen LogP contribution in [0.1, 0.15) is 5.56 Å². The lowest BCUT2D eigenvalue weighted by Crippen LogP contribution is -2.52. The number of nitrogens with two attached hydrogens (primary N) is 3. The SMILES string of the molecule is Nc1ccc(C2=CN(c3ccc(N)cc3)NN(c3ccc(N)cc3)C2)cc1. The summed E-state index contributed by atoms with van der Waals surface area (Å²) in [6.45, 7) is 0.694. The summed E-state index contributed by atoms with van der Waals surface area (Å²) in [7, 11) is 0. The number of hydrogen-bond donors (Lipinski definition) is 4. The van der Waals surface area contributed by atoms with Crippen molar-refractivity contribution in [2.75, 3.05) is 33.8 Å². The third-order valence-electron chi connectivity index (χ3n) is 4.50. The van der Waals surface area contributed by atoms with E-state index in [1.165, 1.54) is 0 Å². The third kappa shape index (κ3) is 3.65. The summed E-state index contributed by atoms with van der Waals surface area (Å²) < 4.78 is 0. The predicted octanol–water partition coefficient (Wildman–Crippen LogP) is 3.22. The molecule has 0 unspecified atom stereocenters. The first-order valence-electron chi connectivity index (χ1n) is 8.69. The summed E-state index contributed by atoms with van der Waals surface area (Å²) in [5.41, 5.74) is 27.4. The molecule has 136 valence electrons. The van der Waals surface area contributed by atoms with Gasteiger partial charge in [0.2, 0.25) is 0 Å². The Hall–Kier alpha value is -3.64. The van der Waals surface area contributed by atoms with Gasteiger partial charge in [-0.05, 0) is 71.8 Å². The van der Waals surface area contributed by atoms with Crippen LogP contribution in [0.5, 0.6) is 0 Å². The monoisotopic (exact) mass is 358 g/mol. The standard InChI is InChI=1S/C21H22N6/c22-17-3-1-15(2-4-17)16-13-26(20-9-5-18(23)6-10-20)25-27(14-16)21-11-7-19(24)8-12-21/h1-13,25H,14,22-24H2. The molecule has 0 aromatic heterocycles. The first-order valence-corrected chi connectivity index (χ1v) is 8.69. The number of benzene rings is 3. The van der Waals surface area contributed by atoms with E-state index in [2.05, 4.69) is 16.7 Å². The van der Waals surface area contributed by atoms with Crippen molar-refractivity contribution in [3.63, 3.8) is 0 Å². The molecule has 7 N–H and O–H groups in total. The van der Waals surface area contributed by atoms with E-state index in [9.17, 15) is 0 Å². The maximum Gasteiger partial charge on any atom is 0.0633 e. The molecule has 27 heavy (non-hydrogen) atoms. The Labute approximate surface area is 158 Å². The van der Waals surface area contributed by atoms with E-state index in [0.717, 1.165) is 39.6 Å². The Morgan fingerprint density at radius 2 is 1.11 bits per heavy atom. The van der Waals surface area contributed by atoms with Crippen molar-refractivity contribution >= 4 is 34.0 Å². The van der Waals surface area contributed by atoms with Gasteiger partial charge in [-0.3, -0.25) is 10.0 Å². The second-order valence-corrected chi connectivity index (χ2v) is 6.52. The van der Waals surface area contributed by atoms with Gasteiger partial charge >= 0.3 is 0 Å². The minimum absolute atomic E-state index is 0.694. The zero-order valence-electron chi connectivity index (χ0n) is 14.8. The predicted molar refractivity (Wildman–Crippen MR) is 114 cm³/mol. The highest BCUT2D eigenvalue weighted by molar-refractivity contribution is 5.75. The van der Waals surface area contributed by atoms with Gasteiger partial charge in [0.25, 0.3) is 0 Å². The number of hydrazine groups is 2. The molecule has 6 nitrogen and oxygen atoms in total. The fourth-order valence-corrected chi connectivity index (χ4v) is 2.99. The lowest BCUT2D eigenvalue weighted by Gasteiger charge is -2.37. The summed E-state index contributed by atoms with van der Waals surface area (Å²) in [6.07, 6.45) is 2.09. The van der Waals surface area contributed by atoms with E-state index < -0.39 is 0 Å². The largest absolute Gasteiger partial charge is 0.399 e. The summed E-state index contributed by atoms with van der Waals surface area (Å²) in [6, 6.07) is 23.4. The fourth-order valence-electron chi connectivity index (χ4n) is 2.99. The molecular weight excluding hydrogens is 336 g/mol. The zero-order chi connectivity index (χ0) is 18.8. The van der Waals surface area contributed by atoms with Gasteiger partial charge in [-0.1, -0.05) is 12.1 Å². The van der Waals surface area contributed by atoms with Crippen LogP contribution in [-0.4, -0.2) is 6.54 Å². The molecule has 0 aliphatic carbocycles. The van der Waals surface area contributed by atoms with Gasteiger partial charge in [0.05, 0.1) is 17.9 Å². The van der Waals surface area contributed by atoms with Crippen LogP contribution in [0.15, 0.2) is 79.0 Å². The minimum Gasteiger partial charge on any atom is -0.399 e. The number of rotatable bonds is 3. The highest BCUT2D eigenvalue weighted by atomic mass is 15.8. The molecule has 6 heteroatoms. The molecule has 3 aromatic rings. The van der Waals surface area contributed by atoms with Crippen LogP contribution in [0, 0.1) is 0 Å². The summed E-state index contributed by atoms with van der Waals surface area (Å²) in [4.78, 5) is 0. The molecule has 1 heterocycles. The molecule has 0 atom stereocenters. The molecule has 0 bridgehead atoms. The van der Waals surface area contributed by atoms with Crippen LogP contribution in [0.2, 0.25) is 0 Å². The lowest BCUT2D eigenvalue weighted by atomic mass is 10.1. The zero-order valence-corrected chi connectivity index (χ0v) is 14.8. The highest BCUT2D eigenvalue weighted by Crippen LogP contribution is 2.27. The Kier molecular flexibility index (Phi) is 4.32. The Balaban J connectivity index is 1.72. The smallest absolute Gasteiger partial charge is 0.0633 e. The third-order valence-corrected chi connectivity index (χ3v) is 4.50. The van der Waals surface area contributed by atoms with Crippen LogP contribution in [-0.2, 0) is 0 Å². The number of nitrogens with zero attached hydrogens (tertiary/aromatic N) is 2. The van der Waals surface area contributed by atoms with Crippen molar-refractivity contribution in [3.05, 3.63) is 84.6 Å². The van der Waals surface area contributed by atoms with Crippen LogP contribution >= 0.6 is 0 Å². The fraction of sp³-hybridized carbons (Fsp3) is 0.0476. The van der Waals surface area contributed by atoms with Gasteiger partial charge < -0.3 is 17.2 Å². The molecule has 1 aliphatic rings. The van der Waals surface area contributed by atoms with Crippen molar-refractivity contribution in [2.45, 2.75) is 0 Å².